The SMILES string of the molecule is CN(CC(C)(C)CN)C(=O)COc1ccc(C(=O)c2ccccc2)cc1. The fraction of sp³-hybridized carbons (Fsp3) is 0.333. The molecule has 0 aromatic heterocycles. The van der Waals surface area contributed by atoms with Crippen LogP contribution in [0.5, 0.6) is 5.75 Å². The summed E-state index contributed by atoms with van der Waals surface area (Å²) in [6.45, 7) is 5.04. The number of hydrogen-bond donors (Lipinski definition) is 1. The molecule has 2 aromatic rings. The Bertz CT molecular complexity index is 740. The van der Waals surface area contributed by atoms with Gasteiger partial charge in [-0.25, -0.2) is 0 Å². The van der Waals surface area contributed by atoms with E-state index in [9.17, 15) is 9.59 Å². The molecule has 0 saturated carbocycles. The summed E-state index contributed by atoms with van der Waals surface area (Å²) in [5.41, 5.74) is 6.79. The average molecular weight is 354 g/mol. The van der Waals surface area contributed by atoms with Crippen molar-refractivity contribution in [3.63, 3.8) is 0 Å². The first-order valence-electron chi connectivity index (χ1n) is 8.59. The third-order valence-corrected chi connectivity index (χ3v) is 4.16. The fourth-order valence-electron chi connectivity index (χ4n) is 2.51. The number of amides is 1. The van der Waals surface area contributed by atoms with Crippen LogP contribution >= 0.6 is 0 Å². The third kappa shape index (κ3) is 5.43. The zero-order valence-electron chi connectivity index (χ0n) is 15.6. The third-order valence-electron chi connectivity index (χ3n) is 4.16. The van der Waals surface area contributed by atoms with Crippen molar-refractivity contribution >= 4 is 11.7 Å². The van der Waals surface area contributed by atoms with E-state index in [0.29, 0.717) is 30.0 Å². The van der Waals surface area contributed by atoms with Crippen molar-refractivity contribution in [2.75, 3.05) is 26.7 Å². The van der Waals surface area contributed by atoms with E-state index in [1.165, 1.54) is 0 Å². The van der Waals surface area contributed by atoms with Crippen molar-refractivity contribution in [1.29, 1.82) is 0 Å². The van der Waals surface area contributed by atoms with Crippen molar-refractivity contribution in [2.45, 2.75) is 13.8 Å². The molecular formula is C21H26N2O3. The highest BCUT2D eigenvalue weighted by Gasteiger charge is 2.21. The Labute approximate surface area is 154 Å². The Balaban J connectivity index is 1.91. The Morgan fingerprint density at radius 2 is 1.58 bits per heavy atom. The Kier molecular flexibility index (Phi) is 6.52. The van der Waals surface area contributed by atoms with Crippen LogP contribution in [0, 0.1) is 5.41 Å². The van der Waals surface area contributed by atoms with Crippen LogP contribution < -0.4 is 10.5 Å². The molecule has 5 heteroatoms. The lowest BCUT2D eigenvalue weighted by Crippen LogP contribution is -2.41. The Morgan fingerprint density at radius 3 is 2.15 bits per heavy atom. The minimum absolute atomic E-state index is 0.0445. The summed E-state index contributed by atoms with van der Waals surface area (Å²) in [6.07, 6.45) is 0. The second-order valence-electron chi connectivity index (χ2n) is 7.13. The van der Waals surface area contributed by atoms with Crippen molar-refractivity contribution in [3.8, 4) is 5.75 Å². The summed E-state index contributed by atoms with van der Waals surface area (Å²) in [5.74, 6) is 0.391. The largest absolute Gasteiger partial charge is 0.484 e. The second-order valence-corrected chi connectivity index (χ2v) is 7.13. The van der Waals surface area contributed by atoms with Crippen LogP contribution in [0.3, 0.4) is 0 Å². The monoisotopic (exact) mass is 354 g/mol. The van der Waals surface area contributed by atoms with Gasteiger partial charge in [-0.2, -0.15) is 0 Å². The number of nitrogens with two attached hydrogens (primary N) is 1. The first kappa shape index (κ1) is 19.7. The van der Waals surface area contributed by atoms with Gasteiger partial charge in [0.2, 0.25) is 0 Å². The lowest BCUT2D eigenvalue weighted by atomic mass is 9.93. The van der Waals surface area contributed by atoms with Gasteiger partial charge in [-0.05, 0) is 36.2 Å². The summed E-state index contributed by atoms with van der Waals surface area (Å²) >= 11 is 0. The van der Waals surface area contributed by atoms with E-state index in [1.807, 2.05) is 32.0 Å². The molecule has 0 spiro atoms. The van der Waals surface area contributed by atoms with Crippen LogP contribution in [0.4, 0.5) is 0 Å². The van der Waals surface area contributed by atoms with Gasteiger partial charge in [-0.1, -0.05) is 44.2 Å². The summed E-state index contributed by atoms with van der Waals surface area (Å²) in [6, 6.07) is 15.9. The molecule has 0 heterocycles. The normalized spacial score (nSPS) is 11.1. The van der Waals surface area contributed by atoms with Crippen molar-refractivity contribution in [3.05, 3.63) is 65.7 Å². The average Bonchev–Trinajstić information content (AvgIpc) is 2.66. The highest BCUT2D eigenvalue weighted by Crippen LogP contribution is 2.17. The van der Waals surface area contributed by atoms with Crippen molar-refractivity contribution < 1.29 is 14.3 Å². The minimum Gasteiger partial charge on any atom is -0.484 e. The van der Waals surface area contributed by atoms with Crippen LogP contribution in [0.1, 0.15) is 29.8 Å². The number of nitrogens with zero attached hydrogens (tertiary/aromatic N) is 1. The highest BCUT2D eigenvalue weighted by molar-refractivity contribution is 6.08. The van der Waals surface area contributed by atoms with Crippen LogP contribution in [0.25, 0.3) is 0 Å². The first-order chi connectivity index (χ1) is 12.3. The predicted octanol–water partition coefficient (Wildman–Crippen LogP) is 2.74. The zero-order chi connectivity index (χ0) is 19.2. The molecule has 0 aliphatic rings. The molecule has 2 N–H and O–H groups in total. The Hall–Kier alpha value is -2.66. The van der Waals surface area contributed by atoms with E-state index >= 15 is 0 Å². The van der Waals surface area contributed by atoms with Crippen LogP contribution in [0.2, 0.25) is 0 Å². The fourth-order valence-corrected chi connectivity index (χ4v) is 2.51. The summed E-state index contributed by atoms with van der Waals surface area (Å²) in [4.78, 5) is 26.2. The molecule has 26 heavy (non-hydrogen) atoms. The van der Waals surface area contributed by atoms with Crippen molar-refractivity contribution in [1.82, 2.24) is 4.90 Å². The maximum absolute atomic E-state index is 12.4. The van der Waals surface area contributed by atoms with E-state index in [2.05, 4.69) is 0 Å². The smallest absolute Gasteiger partial charge is 0.260 e. The van der Waals surface area contributed by atoms with Gasteiger partial charge in [0.05, 0.1) is 0 Å². The standard InChI is InChI=1S/C21H26N2O3/c1-21(2,14-22)15-23(3)19(24)13-26-18-11-9-17(10-12-18)20(25)16-7-5-4-6-8-16/h4-12H,13-15,22H2,1-3H3. The van der Waals surface area contributed by atoms with Gasteiger partial charge >= 0.3 is 0 Å². The molecule has 0 bridgehead atoms. The number of hydrogen-bond acceptors (Lipinski definition) is 4. The van der Waals surface area contributed by atoms with E-state index in [1.54, 1.807) is 48.3 Å². The van der Waals surface area contributed by atoms with Gasteiger partial charge in [0, 0.05) is 24.7 Å². The number of rotatable bonds is 8. The van der Waals surface area contributed by atoms with Crippen LogP contribution in [-0.2, 0) is 4.79 Å². The number of likely N-dealkylation sites (N-methyl/N-ethyl adjacent to an activating group) is 1. The van der Waals surface area contributed by atoms with E-state index in [0.717, 1.165) is 0 Å². The number of carbonyl (C=O) groups is 2. The molecule has 0 unspecified atom stereocenters. The second kappa shape index (κ2) is 8.63. The maximum atomic E-state index is 12.4. The lowest BCUT2D eigenvalue weighted by Gasteiger charge is -2.29. The molecule has 0 fully saturated rings. The summed E-state index contributed by atoms with van der Waals surface area (Å²) < 4.78 is 5.54. The molecule has 138 valence electrons. The van der Waals surface area contributed by atoms with Crippen LogP contribution in [0.15, 0.2) is 54.6 Å². The van der Waals surface area contributed by atoms with Gasteiger partial charge in [0.1, 0.15) is 5.75 Å². The molecule has 0 aliphatic heterocycles. The molecule has 2 aromatic carbocycles. The number of ether oxygens (including phenoxy) is 1. The maximum Gasteiger partial charge on any atom is 0.260 e. The highest BCUT2D eigenvalue weighted by atomic mass is 16.5. The van der Waals surface area contributed by atoms with Gasteiger partial charge in [-0.15, -0.1) is 0 Å². The quantitative estimate of drug-likeness (QED) is 0.740. The molecular weight excluding hydrogens is 328 g/mol. The van der Waals surface area contributed by atoms with Gasteiger partial charge < -0.3 is 15.4 Å². The molecule has 0 radical (unpaired) electrons. The number of ketones is 1. The summed E-state index contributed by atoms with van der Waals surface area (Å²) in [7, 11) is 1.74. The van der Waals surface area contributed by atoms with E-state index in [-0.39, 0.29) is 23.7 Å². The van der Waals surface area contributed by atoms with E-state index in [4.69, 9.17) is 10.5 Å². The molecule has 2 rings (SSSR count). The van der Waals surface area contributed by atoms with E-state index < -0.39 is 0 Å². The molecule has 0 atom stereocenters. The minimum atomic E-state index is -0.135. The van der Waals surface area contributed by atoms with Gasteiger partial charge in [0.15, 0.2) is 12.4 Å². The lowest BCUT2D eigenvalue weighted by molar-refractivity contribution is -0.133. The van der Waals surface area contributed by atoms with Gasteiger partial charge in [-0.3, -0.25) is 9.59 Å². The number of benzene rings is 2. The van der Waals surface area contributed by atoms with Gasteiger partial charge in [0.25, 0.3) is 5.91 Å². The summed E-state index contributed by atoms with van der Waals surface area (Å²) in [5, 5.41) is 0. The topological polar surface area (TPSA) is 72.6 Å². The molecule has 0 aliphatic carbocycles. The Morgan fingerprint density at radius 1 is 1.00 bits per heavy atom. The first-order valence-corrected chi connectivity index (χ1v) is 8.59. The molecule has 5 nitrogen and oxygen atoms in total. The predicted molar refractivity (Wildman–Crippen MR) is 102 cm³/mol. The van der Waals surface area contributed by atoms with Crippen LogP contribution in [-0.4, -0.2) is 43.3 Å². The zero-order valence-corrected chi connectivity index (χ0v) is 15.6. The van der Waals surface area contributed by atoms with Crippen molar-refractivity contribution in [2.24, 2.45) is 11.1 Å². The molecule has 0 saturated heterocycles. The molecule has 1 amide bonds. The number of carbonyl (C=O) groups excluding carboxylic acids is 2.